The standard InChI is InChI=1S/C22H22FN7O/c23-19-10-17(6-8-25-19)27-20-18(21(31)28-15-3-4-15)12-26-22(30-20)29-16-2-1-14-11-24-7-5-13(14)9-16/h1-2,6,8-10,12,15,24H,3-5,7,11H2,(H,28,31)(H2,25,26,27,29,30). The van der Waals surface area contributed by atoms with Gasteiger partial charge in [-0.15, -0.1) is 0 Å². The van der Waals surface area contributed by atoms with Crippen molar-refractivity contribution >= 4 is 29.0 Å². The molecule has 1 aliphatic heterocycles. The summed E-state index contributed by atoms with van der Waals surface area (Å²) in [5.74, 6) is -0.241. The van der Waals surface area contributed by atoms with Gasteiger partial charge in [-0.25, -0.2) is 9.97 Å². The molecule has 0 atom stereocenters. The fourth-order valence-corrected chi connectivity index (χ4v) is 3.50. The van der Waals surface area contributed by atoms with Gasteiger partial charge in [0, 0.05) is 42.4 Å². The van der Waals surface area contributed by atoms with Crippen LogP contribution in [0, 0.1) is 5.95 Å². The van der Waals surface area contributed by atoms with Crippen LogP contribution in [-0.2, 0) is 13.0 Å². The minimum atomic E-state index is -0.620. The third-order valence-electron chi connectivity index (χ3n) is 5.28. The van der Waals surface area contributed by atoms with Crippen LogP contribution in [0.1, 0.15) is 34.3 Å². The Hall–Kier alpha value is -3.59. The first kappa shape index (κ1) is 19.4. The predicted octanol–water partition coefficient (Wildman–Crippen LogP) is 3.04. The minimum Gasteiger partial charge on any atom is -0.349 e. The average molecular weight is 419 g/mol. The van der Waals surface area contributed by atoms with Crippen LogP contribution in [0.25, 0.3) is 0 Å². The zero-order valence-corrected chi connectivity index (χ0v) is 16.8. The van der Waals surface area contributed by atoms with E-state index in [4.69, 9.17) is 0 Å². The largest absolute Gasteiger partial charge is 0.349 e. The number of halogens is 1. The lowest BCUT2D eigenvalue weighted by molar-refractivity contribution is 0.0951. The fourth-order valence-electron chi connectivity index (χ4n) is 3.50. The van der Waals surface area contributed by atoms with Gasteiger partial charge in [-0.3, -0.25) is 4.79 Å². The second kappa shape index (κ2) is 8.27. The van der Waals surface area contributed by atoms with E-state index in [1.807, 2.05) is 6.07 Å². The van der Waals surface area contributed by atoms with E-state index in [2.05, 4.69) is 48.4 Å². The molecule has 1 aromatic carbocycles. The van der Waals surface area contributed by atoms with Crippen molar-refractivity contribution < 1.29 is 9.18 Å². The molecule has 158 valence electrons. The van der Waals surface area contributed by atoms with Gasteiger partial charge in [0.25, 0.3) is 5.91 Å². The highest BCUT2D eigenvalue weighted by Crippen LogP contribution is 2.25. The summed E-state index contributed by atoms with van der Waals surface area (Å²) in [6.45, 7) is 1.82. The van der Waals surface area contributed by atoms with Gasteiger partial charge in [-0.2, -0.15) is 9.37 Å². The number of nitrogens with one attached hydrogen (secondary N) is 4. The Balaban J connectivity index is 1.43. The summed E-state index contributed by atoms with van der Waals surface area (Å²) in [7, 11) is 0. The molecule has 0 saturated heterocycles. The first-order valence-electron chi connectivity index (χ1n) is 10.3. The van der Waals surface area contributed by atoms with Crippen molar-refractivity contribution in [3.8, 4) is 0 Å². The van der Waals surface area contributed by atoms with Gasteiger partial charge in [0.1, 0.15) is 11.4 Å². The molecule has 0 bridgehead atoms. The summed E-state index contributed by atoms with van der Waals surface area (Å²) in [5, 5.41) is 12.5. The molecule has 1 amide bonds. The van der Waals surface area contributed by atoms with Gasteiger partial charge in [-0.1, -0.05) is 6.07 Å². The lowest BCUT2D eigenvalue weighted by Gasteiger charge is -2.18. The molecule has 3 aromatic rings. The minimum absolute atomic E-state index is 0.196. The van der Waals surface area contributed by atoms with Crippen molar-refractivity contribution in [2.45, 2.75) is 31.8 Å². The number of rotatable bonds is 6. The number of hydrogen-bond donors (Lipinski definition) is 4. The first-order chi connectivity index (χ1) is 15.1. The van der Waals surface area contributed by atoms with E-state index in [1.165, 1.54) is 29.6 Å². The number of carbonyl (C=O) groups excluding carboxylic acids is 1. The molecular weight excluding hydrogens is 397 g/mol. The van der Waals surface area contributed by atoms with Crippen molar-refractivity contribution in [3.63, 3.8) is 0 Å². The molecule has 31 heavy (non-hydrogen) atoms. The summed E-state index contributed by atoms with van der Waals surface area (Å²) in [5.41, 5.74) is 4.18. The molecule has 4 N–H and O–H groups in total. The molecule has 0 spiro atoms. The number of anilines is 4. The van der Waals surface area contributed by atoms with Crippen molar-refractivity contribution in [2.75, 3.05) is 17.2 Å². The maximum absolute atomic E-state index is 13.5. The molecule has 2 aromatic heterocycles. The number of amides is 1. The van der Waals surface area contributed by atoms with Crippen molar-refractivity contribution in [2.24, 2.45) is 0 Å². The summed E-state index contributed by atoms with van der Waals surface area (Å²) < 4.78 is 13.5. The van der Waals surface area contributed by atoms with Crippen LogP contribution in [-0.4, -0.2) is 33.4 Å². The Kier molecular flexibility index (Phi) is 5.17. The smallest absolute Gasteiger partial charge is 0.256 e. The molecule has 5 rings (SSSR count). The fraction of sp³-hybridized carbons (Fsp3) is 0.273. The van der Waals surface area contributed by atoms with Gasteiger partial charge in [0.05, 0.1) is 0 Å². The van der Waals surface area contributed by atoms with Gasteiger partial charge < -0.3 is 21.3 Å². The SMILES string of the molecule is O=C(NC1CC1)c1cnc(Nc2ccc3c(c2)CCNC3)nc1Nc1ccnc(F)c1. The summed E-state index contributed by atoms with van der Waals surface area (Å²) >= 11 is 0. The number of carbonyl (C=O) groups is 1. The highest BCUT2D eigenvalue weighted by molar-refractivity contribution is 5.99. The van der Waals surface area contributed by atoms with Crippen molar-refractivity contribution in [1.82, 2.24) is 25.6 Å². The molecule has 1 fully saturated rings. The molecule has 9 heteroatoms. The Labute approximate surface area is 178 Å². The van der Waals surface area contributed by atoms with Crippen molar-refractivity contribution in [1.29, 1.82) is 0 Å². The predicted molar refractivity (Wildman–Crippen MR) is 115 cm³/mol. The lowest BCUT2D eigenvalue weighted by Crippen LogP contribution is -2.26. The Morgan fingerprint density at radius 2 is 1.94 bits per heavy atom. The zero-order valence-electron chi connectivity index (χ0n) is 16.8. The number of hydrogen-bond acceptors (Lipinski definition) is 7. The number of benzene rings is 1. The van der Waals surface area contributed by atoms with Crippen molar-refractivity contribution in [3.05, 3.63) is 65.4 Å². The van der Waals surface area contributed by atoms with E-state index in [0.29, 0.717) is 23.0 Å². The molecular formula is C22H22FN7O. The maximum atomic E-state index is 13.5. The van der Waals surface area contributed by atoms with Crippen LogP contribution >= 0.6 is 0 Å². The normalized spacial score (nSPS) is 15.1. The quantitative estimate of drug-likeness (QED) is 0.455. The highest BCUT2D eigenvalue weighted by Gasteiger charge is 2.26. The monoisotopic (exact) mass is 419 g/mol. The topological polar surface area (TPSA) is 104 Å². The second-order valence-corrected chi connectivity index (χ2v) is 7.73. The Morgan fingerprint density at radius 3 is 2.77 bits per heavy atom. The van der Waals surface area contributed by atoms with E-state index in [-0.39, 0.29) is 11.9 Å². The molecule has 0 radical (unpaired) electrons. The average Bonchev–Trinajstić information content (AvgIpc) is 3.58. The second-order valence-electron chi connectivity index (χ2n) is 7.73. The van der Waals surface area contributed by atoms with E-state index < -0.39 is 5.95 Å². The Morgan fingerprint density at radius 1 is 1.06 bits per heavy atom. The molecule has 8 nitrogen and oxygen atoms in total. The zero-order chi connectivity index (χ0) is 21.2. The van der Waals surface area contributed by atoms with Gasteiger partial charge in [-0.05, 0) is 55.1 Å². The number of aromatic nitrogens is 3. The maximum Gasteiger partial charge on any atom is 0.256 e. The van der Waals surface area contributed by atoms with Crippen LogP contribution < -0.4 is 21.3 Å². The molecule has 3 heterocycles. The van der Waals surface area contributed by atoms with E-state index in [1.54, 1.807) is 6.07 Å². The summed E-state index contributed by atoms with van der Waals surface area (Å²) in [6, 6.07) is 9.21. The van der Waals surface area contributed by atoms with Gasteiger partial charge in [0.15, 0.2) is 0 Å². The van der Waals surface area contributed by atoms with Crippen LogP contribution in [0.3, 0.4) is 0 Å². The van der Waals surface area contributed by atoms with Gasteiger partial charge in [0.2, 0.25) is 11.9 Å². The Bertz CT molecular complexity index is 1130. The van der Waals surface area contributed by atoms with E-state index in [9.17, 15) is 9.18 Å². The molecule has 2 aliphatic rings. The highest BCUT2D eigenvalue weighted by atomic mass is 19.1. The van der Waals surface area contributed by atoms with E-state index in [0.717, 1.165) is 38.0 Å². The third-order valence-corrected chi connectivity index (χ3v) is 5.28. The van der Waals surface area contributed by atoms with Gasteiger partial charge >= 0.3 is 0 Å². The summed E-state index contributed by atoms with van der Waals surface area (Å²) in [4.78, 5) is 25.1. The van der Waals surface area contributed by atoms with E-state index >= 15 is 0 Å². The number of pyridine rings is 1. The molecule has 0 unspecified atom stereocenters. The van der Waals surface area contributed by atoms with Crippen LogP contribution in [0.4, 0.5) is 27.5 Å². The number of nitrogens with zero attached hydrogens (tertiary/aromatic N) is 3. The van der Waals surface area contributed by atoms with Crippen LogP contribution in [0.15, 0.2) is 42.7 Å². The van der Waals surface area contributed by atoms with Crippen LogP contribution in [0.5, 0.6) is 0 Å². The lowest BCUT2D eigenvalue weighted by atomic mass is 10.0. The molecule has 1 aliphatic carbocycles. The third kappa shape index (κ3) is 4.61. The summed E-state index contributed by atoms with van der Waals surface area (Å²) in [6.07, 6.45) is 5.74. The first-order valence-corrected chi connectivity index (χ1v) is 10.3. The molecule has 1 saturated carbocycles. The number of fused-ring (bicyclic) bond motifs is 1. The van der Waals surface area contributed by atoms with Crippen LogP contribution in [0.2, 0.25) is 0 Å².